The molecule has 3 nitrogen and oxygen atoms in total. The fraction of sp³-hybridized carbons (Fsp3) is 0.450. The summed E-state index contributed by atoms with van der Waals surface area (Å²) < 4.78 is 27.9. The van der Waals surface area contributed by atoms with E-state index in [4.69, 9.17) is 0 Å². The number of aryl methyl sites for hydroxylation is 1. The molecule has 2 bridgehead atoms. The van der Waals surface area contributed by atoms with Crippen LogP contribution in [0.2, 0.25) is 0 Å². The zero-order chi connectivity index (χ0) is 17.6. The Morgan fingerprint density at radius 1 is 1.12 bits per heavy atom. The van der Waals surface area contributed by atoms with E-state index in [1.54, 1.807) is 19.2 Å². The molecule has 1 aromatic carbocycles. The molecule has 0 amide bonds. The normalized spacial score (nSPS) is 28.2. The minimum atomic E-state index is -0.446. The van der Waals surface area contributed by atoms with E-state index in [0.29, 0.717) is 29.3 Å². The summed E-state index contributed by atoms with van der Waals surface area (Å²) >= 11 is 0. The standard InChI is InChI=1S/C20H23F2N3/c1-12-9-18(22)16(10-17(12)21)19-4-3-15(11-23-19)24-20-13(2)25-7-5-14(20)6-8-25/h3-4,9-11,13-14,20,24H,5-8H2,1-2H3. The molecule has 3 aliphatic rings. The van der Waals surface area contributed by atoms with Crippen molar-refractivity contribution in [3.05, 3.63) is 47.7 Å². The number of benzene rings is 1. The van der Waals surface area contributed by atoms with Gasteiger partial charge < -0.3 is 5.32 Å². The molecule has 2 aromatic rings. The van der Waals surface area contributed by atoms with Gasteiger partial charge in [0.05, 0.1) is 17.6 Å². The molecule has 5 rings (SSSR count). The van der Waals surface area contributed by atoms with Gasteiger partial charge in [0, 0.05) is 17.6 Å². The SMILES string of the molecule is Cc1cc(F)c(-c2ccc(NC3C4CCN(CC4)C3C)cn2)cc1F. The molecule has 5 heteroatoms. The van der Waals surface area contributed by atoms with Gasteiger partial charge in [0.1, 0.15) is 11.6 Å². The van der Waals surface area contributed by atoms with E-state index in [0.717, 1.165) is 5.69 Å². The Morgan fingerprint density at radius 3 is 2.52 bits per heavy atom. The molecule has 0 aliphatic carbocycles. The van der Waals surface area contributed by atoms with Crippen molar-refractivity contribution in [2.75, 3.05) is 18.4 Å². The molecule has 0 radical (unpaired) electrons. The van der Waals surface area contributed by atoms with E-state index in [2.05, 4.69) is 22.1 Å². The van der Waals surface area contributed by atoms with Crippen molar-refractivity contribution in [3.63, 3.8) is 0 Å². The third kappa shape index (κ3) is 3.01. The average molecular weight is 343 g/mol. The van der Waals surface area contributed by atoms with Gasteiger partial charge in [-0.3, -0.25) is 9.88 Å². The second-order valence-corrected chi connectivity index (χ2v) is 7.30. The molecule has 3 fully saturated rings. The van der Waals surface area contributed by atoms with Gasteiger partial charge in [0.25, 0.3) is 0 Å². The van der Waals surface area contributed by atoms with E-state index in [9.17, 15) is 8.78 Å². The highest BCUT2D eigenvalue weighted by Crippen LogP contribution is 2.34. The number of nitrogens with zero attached hydrogens (tertiary/aromatic N) is 2. The number of rotatable bonds is 3. The van der Waals surface area contributed by atoms with E-state index >= 15 is 0 Å². The second-order valence-electron chi connectivity index (χ2n) is 7.30. The van der Waals surface area contributed by atoms with Crippen LogP contribution in [0.25, 0.3) is 11.3 Å². The van der Waals surface area contributed by atoms with Crippen molar-refractivity contribution < 1.29 is 8.78 Å². The molecule has 0 saturated carbocycles. The van der Waals surface area contributed by atoms with Gasteiger partial charge >= 0.3 is 0 Å². The van der Waals surface area contributed by atoms with Crippen LogP contribution in [-0.4, -0.2) is 35.1 Å². The van der Waals surface area contributed by atoms with Gasteiger partial charge in [-0.25, -0.2) is 8.78 Å². The van der Waals surface area contributed by atoms with Crippen LogP contribution in [0.4, 0.5) is 14.5 Å². The summed E-state index contributed by atoms with van der Waals surface area (Å²) in [6, 6.07) is 7.02. The smallest absolute Gasteiger partial charge is 0.133 e. The maximum absolute atomic E-state index is 14.1. The van der Waals surface area contributed by atoms with Crippen LogP contribution >= 0.6 is 0 Å². The van der Waals surface area contributed by atoms with Crippen molar-refractivity contribution in [2.45, 2.75) is 38.8 Å². The van der Waals surface area contributed by atoms with Gasteiger partial charge in [-0.15, -0.1) is 0 Å². The number of hydrogen-bond acceptors (Lipinski definition) is 3. The maximum atomic E-state index is 14.1. The molecular formula is C20H23F2N3. The van der Waals surface area contributed by atoms with E-state index in [1.165, 1.54) is 38.1 Å². The lowest BCUT2D eigenvalue weighted by molar-refractivity contribution is 0.0458. The molecule has 0 spiro atoms. The molecule has 2 atom stereocenters. The molecule has 1 N–H and O–H groups in total. The molecule has 3 saturated heterocycles. The van der Waals surface area contributed by atoms with Gasteiger partial charge in [0.2, 0.25) is 0 Å². The van der Waals surface area contributed by atoms with Gasteiger partial charge in [-0.05, 0) is 75.5 Å². The van der Waals surface area contributed by atoms with Crippen LogP contribution < -0.4 is 5.32 Å². The number of nitrogens with one attached hydrogen (secondary N) is 1. The number of piperidine rings is 3. The summed E-state index contributed by atoms with van der Waals surface area (Å²) in [7, 11) is 0. The lowest BCUT2D eigenvalue weighted by Crippen LogP contribution is -2.59. The Balaban J connectivity index is 1.54. The quantitative estimate of drug-likeness (QED) is 0.904. The largest absolute Gasteiger partial charge is 0.379 e. The molecule has 1 aromatic heterocycles. The predicted molar refractivity (Wildman–Crippen MR) is 95.5 cm³/mol. The van der Waals surface area contributed by atoms with Crippen LogP contribution in [0.15, 0.2) is 30.5 Å². The minimum absolute atomic E-state index is 0.200. The van der Waals surface area contributed by atoms with Crippen LogP contribution in [0.5, 0.6) is 0 Å². The van der Waals surface area contributed by atoms with Crippen LogP contribution in [0.1, 0.15) is 25.3 Å². The van der Waals surface area contributed by atoms with Crippen LogP contribution in [0, 0.1) is 24.5 Å². The fourth-order valence-electron chi connectivity index (χ4n) is 4.22. The molecule has 3 aliphatic heterocycles. The van der Waals surface area contributed by atoms with Crippen molar-refractivity contribution in [2.24, 2.45) is 5.92 Å². The number of halogens is 2. The first-order valence-corrected chi connectivity index (χ1v) is 8.95. The predicted octanol–water partition coefficient (Wildman–Crippen LogP) is 4.23. The lowest BCUT2D eigenvalue weighted by Gasteiger charge is -2.50. The van der Waals surface area contributed by atoms with E-state index in [1.807, 2.05) is 6.07 Å². The summed E-state index contributed by atoms with van der Waals surface area (Å²) in [5.41, 5.74) is 1.88. The highest BCUT2D eigenvalue weighted by Gasteiger charge is 2.39. The van der Waals surface area contributed by atoms with Crippen LogP contribution in [-0.2, 0) is 0 Å². The molecule has 25 heavy (non-hydrogen) atoms. The van der Waals surface area contributed by atoms with E-state index in [-0.39, 0.29) is 5.56 Å². The van der Waals surface area contributed by atoms with Crippen molar-refractivity contribution in [1.29, 1.82) is 0 Å². The number of hydrogen-bond donors (Lipinski definition) is 1. The average Bonchev–Trinajstić information content (AvgIpc) is 2.62. The Bertz CT molecular complexity index is 765. The maximum Gasteiger partial charge on any atom is 0.133 e. The summed E-state index contributed by atoms with van der Waals surface area (Å²) in [4.78, 5) is 6.88. The summed E-state index contributed by atoms with van der Waals surface area (Å²) in [5.74, 6) is -0.164. The number of pyridine rings is 1. The Morgan fingerprint density at radius 2 is 1.88 bits per heavy atom. The highest BCUT2D eigenvalue weighted by molar-refractivity contribution is 5.62. The summed E-state index contributed by atoms with van der Waals surface area (Å²) in [6.45, 7) is 6.21. The van der Waals surface area contributed by atoms with Crippen molar-refractivity contribution >= 4 is 5.69 Å². The van der Waals surface area contributed by atoms with Crippen LogP contribution in [0.3, 0.4) is 0 Å². The summed E-state index contributed by atoms with van der Waals surface area (Å²) in [5, 5.41) is 3.60. The molecule has 132 valence electrons. The molecule has 2 unspecified atom stereocenters. The zero-order valence-corrected chi connectivity index (χ0v) is 14.6. The Kier molecular flexibility index (Phi) is 4.20. The van der Waals surface area contributed by atoms with Crippen molar-refractivity contribution in [1.82, 2.24) is 9.88 Å². The third-order valence-corrected chi connectivity index (χ3v) is 5.80. The van der Waals surface area contributed by atoms with Gasteiger partial charge in [-0.1, -0.05) is 0 Å². The topological polar surface area (TPSA) is 28.2 Å². The third-order valence-electron chi connectivity index (χ3n) is 5.80. The Hall–Kier alpha value is -2.01. The summed E-state index contributed by atoms with van der Waals surface area (Å²) in [6.07, 6.45) is 4.19. The van der Waals surface area contributed by atoms with Gasteiger partial charge in [0.15, 0.2) is 0 Å². The first-order valence-electron chi connectivity index (χ1n) is 8.95. The second kappa shape index (κ2) is 6.37. The lowest BCUT2D eigenvalue weighted by atomic mass is 9.79. The highest BCUT2D eigenvalue weighted by atomic mass is 19.1. The van der Waals surface area contributed by atoms with Gasteiger partial charge in [-0.2, -0.15) is 0 Å². The zero-order valence-electron chi connectivity index (χ0n) is 14.6. The molecular weight excluding hydrogens is 320 g/mol. The first-order chi connectivity index (χ1) is 12.0. The number of aromatic nitrogens is 1. The monoisotopic (exact) mass is 343 g/mol. The Labute approximate surface area is 147 Å². The van der Waals surface area contributed by atoms with E-state index < -0.39 is 11.6 Å². The first kappa shape index (κ1) is 16.5. The van der Waals surface area contributed by atoms with Crippen molar-refractivity contribution in [3.8, 4) is 11.3 Å². The number of anilines is 1. The number of fused-ring (bicyclic) bond motifs is 3. The minimum Gasteiger partial charge on any atom is -0.379 e. The molecule has 4 heterocycles. The fourth-order valence-corrected chi connectivity index (χ4v) is 4.22.